The Morgan fingerprint density at radius 3 is 2.77 bits per heavy atom. The molecule has 0 saturated heterocycles. The predicted octanol–water partition coefficient (Wildman–Crippen LogP) is 2.96. The third-order valence-corrected chi connectivity index (χ3v) is 6.32. The molecule has 2 aromatic rings. The molecular formula is C16H15Cl2N3O4S. The molecule has 0 amide bonds. The van der Waals surface area contributed by atoms with Gasteiger partial charge in [-0.3, -0.25) is 4.79 Å². The number of benzene rings is 1. The number of esters is 1. The Kier molecular flexibility index (Phi) is 5.36. The number of methoxy groups -OCH3 is 1. The summed E-state index contributed by atoms with van der Waals surface area (Å²) in [5.74, 6) is -0.245. The molecule has 26 heavy (non-hydrogen) atoms. The van der Waals surface area contributed by atoms with Crippen LogP contribution in [0.4, 0.5) is 11.5 Å². The number of hydrogen-bond donors (Lipinski definition) is 1. The van der Waals surface area contributed by atoms with Crippen molar-refractivity contribution in [3.8, 4) is 0 Å². The Labute approximate surface area is 160 Å². The number of ether oxygens (including phenoxy) is 1. The number of aromatic nitrogens is 2. The van der Waals surface area contributed by atoms with E-state index in [2.05, 4.69) is 20.0 Å². The average molecular weight is 416 g/mol. The molecule has 0 atom stereocenters. The van der Waals surface area contributed by atoms with Gasteiger partial charge >= 0.3 is 5.97 Å². The van der Waals surface area contributed by atoms with E-state index in [1.165, 1.54) is 7.11 Å². The summed E-state index contributed by atoms with van der Waals surface area (Å²) >= 11 is 12.1. The maximum absolute atomic E-state index is 12.4. The Hall–Kier alpha value is -1.90. The van der Waals surface area contributed by atoms with Crippen LogP contribution < -0.4 is 5.32 Å². The second-order valence-corrected chi connectivity index (χ2v) is 8.51. The molecule has 0 unspecified atom stereocenters. The minimum absolute atomic E-state index is 0.0308. The highest BCUT2D eigenvalue weighted by molar-refractivity contribution is 7.91. The number of sulfone groups is 1. The largest absolute Gasteiger partial charge is 0.469 e. The number of nitrogens with zero attached hydrogens (tertiary/aromatic N) is 2. The van der Waals surface area contributed by atoms with E-state index < -0.39 is 15.8 Å². The van der Waals surface area contributed by atoms with Crippen LogP contribution in [-0.2, 0) is 32.2 Å². The fourth-order valence-corrected chi connectivity index (χ4v) is 4.77. The van der Waals surface area contributed by atoms with Crippen LogP contribution in [0.25, 0.3) is 0 Å². The van der Waals surface area contributed by atoms with Crippen LogP contribution >= 0.6 is 23.2 Å². The normalized spacial score (nSPS) is 15.2. The lowest BCUT2D eigenvalue weighted by atomic mass is 10.1. The van der Waals surface area contributed by atoms with Gasteiger partial charge < -0.3 is 10.1 Å². The van der Waals surface area contributed by atoms with E-state index in [1.54, 1.807) is 18.2 Å². The van der Waals surface area contributed by atoms with Gasteiger partial charge in [-0.25, -0.2) is 13.4 Å². The lowest BCUT2D eigenvalue weighted by Crippen LogP contribution is -2.20. The number of aryl methyl sites for hydroxylation is 1. The second-order valence-electron chi connectivity index (χ2n) is 5.72. The molecule has 2 heterocycles. The first-order valence-corrected chi connectivity index (χ1v) is 10.1. The highest BCUT2D eigenvalue weighted by Crippen LogP contribution is 2.33. The number of rotatable bonds is 4. The van der Waals surface area contributed by atoms with Gasteiger partial charge in [-0.2, -0.15) is 4.98 Å². The smallest absolute Gasteiger partial charge is 0.310 e. The Morgan fingerprint density at radius 1 is 1.31 bits per heavy atom. The molecule has 3 rings (SSSR count). The molecule has 0 bridgehead atoms. The van der Waals surface area contributed by atoms with Crippen LogP contribution in [0.2, 0.25) is 10.3 Å². The van der Waals surface area contributed by atoms with Crippen molar-refractivity contribution in [2.45, 2.75) is 24.2 Å². The number of halogens is 2. The maximum atomic E-state index is 12.4. The van der Waals surface area contributed by atoms with Gasteiger partial charge in [0.05, 0.1) is 25.0 Å². The number of carbonyl (C=O) groups excluding carboxylic acids is 1. The van der Waals surface area contributed by atoms with Crippen molar-refractivity contribution in [2.24, 2.45) is 0 Å². The summed E-state index contributed by atoms with van der Waals surface area (Å²) in [7, 11) is -2.19. The van der Waals surface area contributed by atoms with Gasteiger partial charge in [-0.1, -0.05) is 17.7 Å². The summed E-state index contributed by atoms with van der Waals surface area (Å²) in [5.41, 5.74) is 1.52. The minimum Gasteiger partial charge on any atom is -0.469 e. The van der Waals surface area contributed by atoms with Crippen molar-refractivity contribution in [2.75, 3.05) is 18.2 Å². The van der Waals surface area contributed by atoms with Crippen molar-refractivity contribution in [1.29, 1.82) is 0 Å². The minimum atomic E-state index is -3.49. The van der Waals surface area contributed by atoms with Gasteiger partial charge in [0.2, 0.25) is 5.28 Å². The molecule has 1 aliphatic rings. The molecule has 0 fully saturated rings. The number of fused-ring (bicyclic) bond motifs is 1. The maximum Gasteiger partial charge on any atom is 0.310 e. The fraction of sp³-hybridized carbons (Fsp3) is 0.312. The lowest BCUT2D eigenvalue weighted by molar-refractivity contribution is -0.139. The zero-order valence-electron chi connectivity index (χ0n) is 13.8. The van der Waals surface area contributed by atoms with E-state index in [1.807, 2.05) is 0 Å². The number of carbonyl (C=O) groups is 1. The van der Waals surface area contributed by atoms with Crippen LogP contribution in [0.5, 0.6) is 0 Å². The summed E-state index contributed by atoms with van der Waals surface area (Å²) in [4.78, 5) is 19.5. The van der Waals surface area contributed by atoms with Gasteiger partial charge in [0.1, 0.15) is 4.90 Å². The number of hydrogen-bond acceptors (Lipinski definition) is 7. The first kappa shape index (κ1) is 18.9. The molecule has 0 saturated carbocycles. The van der Waals surface area contributed by atoms with Crippen LogP contribution in [0.1, 0.15) is 17.7 Å². The van der Waals surface area contributed by atoms with Crippen molar-refractivity contribution in [3.63, 3.8) is 0 Å². The molecule has 1 aromatic heterocycles. The van der Waals surface area contributed by atoms with Crippen LogP contribution in [-0.4, -0.2) is 37.2 Å². The zero-order chi connectivity index (χ0) is 18.9. The van der Waals surface area contributed by atoms with Gasteiger partial charge in [0, 0.05) is 10.7 Å². The molecule has 138 valence electrons. The number of anilines is 2. The average Bonchev–Trinajstić information content (AvgIpc) is 2.56. The van der Waals surface area contributed by atoms with Gasteiger partial charge in [-0.15, -0.1) is 0 Å². The van der Waals surface area contributed by atoms with Crippen LogP contribution in [0.15, 0.2) is 23.1 Å². The van der Waals surface area contributed by atoms with Crippen molar-refractivity contribution in [1.82, 2.24) is 9.97 Å². The van der Waals surface area contributed by atoms with Crippen molar-refractivity contribution in [3.05, 3.63) is 39.8 Å². The Balaban J connectivity index is 1.96. The first-order valence-electron chi connectivity index (χ1n) is 7.71. The van der Waals surface area contributed by atoms with E-state index in [0.29, 0.717) is 34.8 Å². The molecule has 0 aliphatic carbocycles. The Bertz CT molecular complexity index is 980. The first-order chi connectivity index (χ1) is 12.3. The van der Waals surface area contributed by atoms with E-state index >= 15 is 0 Å². The summed E-state index contributed by atoms with van der Waals surface area (Å²) in [5, 5.41) is 3.26. The van der Waals surface area contributed by atoms with Crippen LogP contribution in [0, 0.1) is 0 Å². The highest BCUT2D eigenvalue weighted by atomic mass is 35.5. The summed E-state index contributed by atoms with van der Waals surface area (Å²) in [6.45, 7) is 0. The number of nitrogens with one attached hydrogen (secondary N) is 1. The molecule has 0 radical (unpaired) electrons. The predicted molar refractivity (Wildman–Crippen MR) is 97.9 cm³/mol. The molecular weight excluding hydrogens is 401 g/mol. The standard InChI is InChI=1S/C16H15Cl2N3O4S/c1-25-13(22)7-9-4-5-10(8-11(9)17)19-15-14-12(20-16(18)21-15)3-2-6-26(14,23)24/h4-5,8H,2-3,6-7H2,1H3,(H,19,20,21). The molecule has 1 aromatic carbocycles. The topological polar surface area (TPSA) is 98.2 Å². The van der Waals surface area contributed by atoms with E-state index in [0.717, 1.165) is 0 Å². The molecule has 0 spiro atoms. The van der Waals surface area contributed by atoms with Crippen molar-refractivity contribution >= 4 is 50.5 Å². The monoisotopic (exact) mass is 415 g/mol. The summed E-state index contributed by atoms with van der Waals surface area (Å²) in [6, 6.07) is 4.91. The summed E-state index contributed by atoms with van der Waals surface area (Å²) < 4.78 is 29.5. The van der Waals surface area contributed by atoms with Gasteiger partial charge in [-0.05, 0) is 42.1 Å². The molecule has 7 nitrogen and oxygen atoms in total. The fourth-order valence-electron chi connectivity index (χ4n) is 2.71. The highest BCUT2D eigenvalue weighted by Gasteiger charge is 2.30. The quantitative estimate of drug-likeness (QED) is 0.605. The molecule has 1 aliphatic heterocycles. The van der Waals surface area contributed by atoms with Gasteiger partial charge in [0.15, 0.2) is 15.7 Å². The lowest BCUT2D eigenvalue weighted by Gasteiger charge is -2.19. The van der Waals surface area contributed by atoms with Crippen LogP contribution in [0.3, 0.4) is 0 Å². The third kappa shape index (κ3) is 3.92. The molecule has 1 N–H and O–H groups in total. The molecule has 10 heteroatoms. The van der Waals surface area contributed by atoms with E-state index in [4.69, 9.17) is 23.2 Å². The van der Waals surface area contributed by atoms with E-state index in [9.17, 15) is 13.2 Å². The summed E-state index contributed by atoms with van der Waals surface area (Å²) in [6.07, 6.45) is 1.05. The zero-order valence-corrected chi connectivity index (χ0v) is 16.1. The SMILES string of the molecule is COC(=O)Cc1ccc(Nc2nc(Cl)nc3c2S(=O)(=O)CCC3)cc1Cl. The third-order valence-electron chi connectivity index (χ3n) is 3.92. The second kappa shape index (κ2) is 7.38. The Morgan fingerprint density at radius 2 is 2.08 bits per heavy atom. The van der Waals surface area contributed by atoms with Crippen molar-refractivity contribution < 1.29 is 17.9 Å². The van der Waals surface area contributed by atoms with E-state index in [-0.39, 0.29) is 28.2 Å². The van der Waals surface area contributed by atoms with Gasteiger partial charge in [0.25, 0.3) is 0 Å².